The average molecular weight is 373 g/mol. The van der Waals surface area contributed by atoms with Gasteiger partial charge in [0, 0.05) is 0 Å². The first-order valence-corrected chi connectivity index (χ1v) is 8.85. The van der Waals surface area contributed by atoms with E-state index in [2.05, 4.69) is 14.9 Å². The Morgan fingerprint density at radius 3 is 2.28 bits per heavy atom. The van der Waals surface area contributed by atoms with Gasteiger partial charge in [0.05, 0.1) is 13.7 Å². The van der Waals surface area contributed by atoms with Crippen LogP contribution in [0, 0.1) is 0 Å². The Morgan fingerprint density at radius 2 is 1.76 bits per heavy atom. The zero-order valence-corrected chi connectivity index (χ0v) is 15.4. The molecule has 0 saturated heterocycles. The molecule has 0 bridgehead atoms. The van der Waals surface area contributed by atoms with Crippen LogP contribution in [-0.2, 0) is 31.0 Å². The normalized spacial score (nSPS) is 11.9. The molecule has 0 aliphatic rings. The zero-order chi connectivity index (χ0) is 19.1. The smallest absolute Gasteiger partial charge is 0.423 e. The fourth-order valence-corrected chi connectivity index (χ4v) is 2.61. The van der Waals surface area contributed by atoms with Gasteiger partial charge < -0.3 is 9.47 Å². The molecule has 0 radical (unpaired) electrons. The third-order valence-corrected chi connectivity index (χ3v) is 4.01. The lowest BCUT2D eigenvalue weighted by Gasteiger charge is -2.25. The van der Waals surface area contributed by atoms with E-state index in [1.807, 2.05) is 0 Å². The van der Waals surface area contributed by atoms with Crippen LogP contribution in [0.25, 0.3) is 0 Å². The van der Waals surface area contributed by atoms with Crippen LogP contribution >= 0.6 is 0 Å². The maximum Gasteiger partial charge on any atom is 0.423 e. The molecule has 1 amide bonds. The molecule has 0 saturated carbocycles. The van der Waals surface area contributed by atoms with Crippen molar-refractivity contribution in [2.45, 2.75) is 32.9 Å². The highest BCUT2D eigenvalue weighted by molar-refractivity contribution is 7.87. The maximum atomic E-state index is 12.4. The van der Waals surface area contributed by atoms with Gasteiger partial charge in [-0.2, -0.15) is 13.1 Å². The molecular formula is C15H23N3O6S. The fraction of sp³-hybridized carbons (Fsp3) is 0.467. The summed E-state index contributed by atoms with van der Waals surface area (Å²) in [6.07, 6.45) is -0.938. The van der Waals surface area contributed by atoms with Crippen molar-refractivity contribution in [1.82, 2.24) is 14.6 Å². The molecule has 25 heavy (non-hydrogen) atoms. The van der Waals surface area contributed by atoms with E-state index in [0.29, 0.717) is 9.98 Å². The Kier molecular flexibility index (Phi) is 7.34. The number of amides is 1. The maximum absolute atomic E-state index is 12.4. The second-order valence-corrected chi connectivity index (χ2v) is 7.69. The number of nitrogens with zero attached hydrogens (tertiary/aromatic N) is 1. The van der Waals surface area contributed by atoms with Crippen LogP contribution in [0.1, 0.15) is 26.3 Å². The number of methoxy groups -OCH3 is 1. The fourth-order valence-electron chi connectivity index (χ4n) is 1.64. The van der Waals surface area contributed by atoms with Gasteiger partial charge in [-0.25, -0.2) is 10.2 Å². The number of nitrogens with one attached hydrogen (secondary N) is 2. The largest absolute Gasteiger partial charge is 0.468 e. The van der Waals surface area contributed by atoms with Gasteiger partial charge >= 0.3 is 12.1 Å². The minimum Gasteiger partial charge on any atom is -0.468 e. The SMILES string of the molecule is COC(=O)CNS(=O)(=O)N(Cc1ccccc1)NC(=O)OC(C)(C)C. The van der Waals surface area contributed by atoms with Gasteiger partial charge in [-0.15, -0.1) is 0 Å². The number of rotatable bonds is 7. The number of carbonyl (C=O) groups is 2. The van der Waals surface area contributed by atoms with Gasteiger partial charge in [0.25, 0.3) is 10.2 Å². The first kappa shape index (κ1) is 20.9. The summed E-state index contributed by atoms with van der Waals surface area (Å²) in [6, 6.07) is 8.63. The van der Waals surface area contributed by atoms with E-state index >= 15 is 0 Å². The topological polar surface area (TPSA) is 114 Å². The summed E-state index contributed by atoms with van der Waals surface area (Å²) >= 11 is 0. The number of hydrogen-bond acceptors (Lipinski definition) is 6. The average Bonchev–Trinajstić information content (AvgIpc) is 2.51. The predicted molar refractivity (Wildman–Crippen MR) is 90.3 cm³/mol. The molecule has 10 heteroatoms. The van der Waals surface area contributed by atoms with E-state index in [9.17, 15) is 18.0 Å². The Morgan fingerprint density at radius 1 is 1.16 bits per heavy atom. The molecule has 9 nitrogen and oxygen atoms in total. The Hall–Kier alpha value is -2.17. The van der Waals surface area contributed by atoms with Crippen LogP contribution in [-0.4, -0.2) is 44.2 Å². The zero-order valence-electron chi connectivity index (χ0n) is 14.6. The second-order valence-electron chi connectivity index (χ2n) is 6.01. The standard InChI is InChI=1S/C15H23N3O6S/c1-15(2,3)24-14(20)17-18(11-12-8-6-5-7-9-12)25(21,22)16-10-13(19)23-4/h5-9,16H,10-11H2,1-4H3,(H,17,20). The van der Waals surface area contributed by atoms with Gasteiger partial charge in [-0.05, 0) is 26.3 Å². The van der Waals surface area contributed by atoms with Crippen LogP contribution in [0.4, 0.5) is 4.79 Å². The molecule has 0 spiro atoms. The molecule has 0 fully saturated rings. The minimum absolute atomic E-state index is 0.156. The van der Waals surface area contributed by atoms with E-state index in [0.717, 1.165) is 7.11 Å². The monoisotopic (exact) mass is 373 g/mol. The first-order valence-electron chi connectivity index (χ1n) is 7.41. The van der Waals surface area contributed by atoms with Crippen molar-refractivity contribution in [3.05, 3.63) is 35.9 Å². The summed E-state index contributed by atoms with van der Waals surface area (Å²) in [5, 5.41) is 0. The summed E-state index contributed by atoms with van der Waals surface area (Å²) < 4.78 is 37.0. The van der Waals surface area contributed by atoms with Crippen molar-refractivity contribution < 1.29 is 27.5 Å². The molecule has 0 atom stereocenters. The predicted octanol–water partition coefficient (Wildman–Crippen LogP) is 0.936. The lowest BCUT2D eigenvalue weighted by molar-refractivity contribution is -0.139. The van der Waals surface area contributed by atoms with Crippen LogP contribution in [0.15, 0.2) is 30.3 Å². The van der Waals surface area contributed by atoms with Crippen molar-refractivity contribution in [2.75, 3.05) is 13.7 Å². The Balaban J connectivity index is 2.93. The molecule has 140 valence electrons. The molecule has 0 aromatic heterocycles. The summed E-state index contributed by atoms with van der Waals surface area (Å²) in [7, 11) is -3.07. The van der Waals surface area contributed by atoms with Crippen molar-refractivity contribution in [3.8, 4) is 0 Å². The summed E-state index contributed by atoms with van der Waals surface area (Å²) in [5.41, 5.74) is 2.00. The number of esters is 1. The Bertz CT molecular complexity index is 685. The van der Waals surface area contributed by atoms with E-state index in [1.165, 1.54) is 0 Å². The van der Waals surface area contributed by atoms with Gasteiger partial charge in [-0.3, -0.25) is 4.79 Å². The summed E-state index contributed by atoms with van der Waals surface area (Å²) in [4.78, 5) is 23.1. The molecular weight excluding hydrogens is 350 g/mol. The van der Waals surface area contributed by atoms with E-state index in [-0.39, 0.29) is 6.54 Å². The summed E-state index contributed by atoms with van der Waals surface area (Å²) in [6.45, 7) is 4.23. The van der Waals surface area contributed by atoms with Crippen molar-refractivity contribution in [1.29, 1.82) is 0 Å². The van der Waals surface area contributed by atoms with Gasteiger partial charge in [0.1, 0.15) is 12.1 Å². The van der Waals surface area contributed by atoms with Gasteiger partial charge in [-0.1, -0.05) is 34.7 Å². The summed E-state index contributed by atoms with van der Waals surface area (Å²) in [5.74, 6) is -0.763. The second kappa shape index (κ2) is 8.79. The van der Waals surface area contributed by atoms with Crippen LogP contribution in [0.3, 0.4) is 0 Å². The molecule has 1 aromatic rings. The van der Waals surface area contributed by atoms with Crippen molar-refractivity contribution in [2.24, 2.45) is 0 Å². The van der Waals surface area contributed by atoms with E-state index in [4.69, 9.17) is 4.74 Å². The third kappa shape index (κ3) is 7.96. The molecule has 1 rings (SSSR count). The molecule has 0 aliphatic carbocycles. The molecule has 2 N–H and O–H groups in total. The third-order valence-electron chi connectivity index (χ3n) is 2.70. The van der Waals surface area contributed by atoms with Gasteiger partial charge in [0.15, 0.2) is 0 Å². The molecule has 0 heterocycles. The quantitative estimate of drug-likeness (QED) is 0.543. The lowest BCUT2D eigenvalue weighted by atomic mass is 10.2. The highest BCUT2D eigenvalue weighted by atomic mass is 32.2. The first-order chi connectivity index (χ1) is 11.5. The number of hydrazine groups is 1. The number of hydrogen-bond donors (Lipinski definition) is 2. The number of benzene rings is 1. The van der Waals surface area contributed by atoms with E-state index in [1.54, 1.807) is 51.1 Å². The number of carbonyl (C=O) groups excluding carboxylic acids is 2. The van der Waals surface area contributed by atoms with Gasteiger partial charge in [0.2, 0.25) is 0 Å². The lowest BCUT2D eigenvalue weighted by Crippen LogP contribution is -2.52. The van der Waals surface area contributed by atoms with Crippen LogP contribution in [0.2, 0.25) is 0 Å². The highest BCUT2D eigenvalue weighted by Gasteiger charge is 2.27. The van der Waals surface area contributed by atoms with Crippen LogP contribution < -0.4 is 10.1 Å². The molecule has 1 aromatic carbocycles. The minimum atomic E-state index is -4.21. The van der Waals surface area contributed by atoms with Crippen LogP contribution in [0.5, 0.6) is 0 Å². The van der Waals surface area contributed by atoms with Crippen molar-refractivity contribution in [3.63, 3.8) is 0 Å². The molecule has 0 unspecified atom stereocenters. The molecule has 0 aliphatic heterocycles. The Labute approximate surface area is 147 Å². The highest BCUT2D eigenvalue weighted by Crippen LogP contribution is 2.09. The number of ether oxygens (including phenoxy) is 2. The van der Waals surface area contributed by atoms with Crippen molar-refractivity contribution >= 4 is 22.3 Å². The van der Waals surface area contributed by atoms with E-state index < -0.39 is 34.4 Å².